The molecule has 0 aliphatic heterocycles. The first-order chi connectivity index (χ1) is 20.3. The van der Waals surface area contributed by atoms with Crippen molar-refractivity contribution in [3.05, 3.63) is 91.1 Å². The van der Waals surface area contributed by atoms with Crippen LogP contribution in [0.15, 0.2) is 73.4 Å². The van der Waals surface area contributed by atoms with Crippen molar-refractivity contribution in [3.8, 4) is 11.5 Å². The number of halogens is 3. The molecule has 1 aliphatic carbocycles. The van der Waals surface area contributed by atoms with Crippen molar-refractivity contribution in [1.29, 1.82) is 0 Å². The van der Waals surface area contributed by atoms with E-state index in [4.69, 9.17) is 14.5 Å². The van der Waals surface area contributed by atoms with Gasteiger partial charge in [-0.25, -0.2) is 9.37 Å². The zero-order valence-corrected chi connectivity index (χ0v) is 26.1. The number of aromatic nitrogens is 2. The van der Waals surface area contributed by atoms with Gasteiger partial charge in [0.15, 0.2) is 18.1 Å². The molecule has 0 radical (unpaired) electrons. The highest BCUT2D eigenvalue weighted by Gasteiger charge is 2.23. The van der Waals surface area contributed by atoms with Crippen LogP contribution < -0.4 is 20.3 Å². The molecule has 42 heavy (non-hydrogen) atoms. The fourth-order valence-electron chi connectivity index (χ4n) is 4.98. The number of nitrogens with one attached hydrogen (secondary N) is 1. The van der Waals surface area contributed by atoms with E-state index < -0.39 is 11.7 Å². The van der Waals surface area contributed by atoms with Crippen LogP contribution in [0.5, 0.6) is 11.5 Å². The zero-order valence-electron chi connectivity index (χ0n) is 22.9. The van der Waals surface area contributed by atoms with Crippen molar-refractivity contribution >= 4 is 60.6 Å². The van der Waals surface area contributed by atoms with Crippen LogP contribution in [0.4, 0.5) is 10.1 Å². The van der Waals surface area contributed by atoms with Gasteiger partial charge in [0.25, 0.3) is 11.5 Å². The molecule has 0 atom stereocenters. The van der Waals surface area contributed by atoms with E-state index >= 15 is 0 Å². The van der Waals surface area contributed by atoms with Gasteiger partial charge in [0.05, 0.1) is 33.9 Å². The number of rotatable bonds is 9. The van der Waals surface area contributed by atoms with Gasteiger partial charge in [-0.3, -0.25) is 9.59 Å². The van der Waals surface area contributed by atoms with E-state index in [9.17, 15) is 14.0 Å². The van der Waals surface area contributed by atoms with Gasteiger partial charge in [-0.1, -0.05) is 47.3 Å². The fourth-order valence-corrected chi connectivity index (χ4v) is 5.91. The number of hydrogen-bond donors (Lipinski definition) is 1. The van der Waals surface area contributed by atoms with E-state index in [2.05, 4.69) is 42.3 Å². The normalized spacial score (nSPS) is 13.9. The summed E-state index contributed by atoms with van der Waals surface area (Å²) in [5.41, 5.74) is 1.13. The van der Waals surface area contributed by atoms with Crippen LogP contribution in [0, 0.1) is 5.82 Å². The van der Waals surface area contributed by atoms with Gasteiger partial charge < -0.3 is 14.8 Å². The number of nitrogens with zero attached hydrogens (tertiary/aromatic N) is 3. The monoisotopic (exact) mass is 698 g/mol. The first kappa shape index (κ1) is 29.9. The smallest absolute Gasteiger partial charge is 0.282 e. The maximum Gasteiger partial charge on any atom is 0.282 e. The predicted molar refractivity (Wildman–Crippen MR) is 168 cm³/mol. The number of carbonyl (C=O) groups excluding carboxylic acids is 1. The largest absolute Gasteiger partial charge is 0.490 e. The molecule has 1 saturated carbocycles. The third-order valence-corrected chi connectivity index (χ3v) is 8.04. The molecule has 1 aromatic heterocycles. The van der Waals surface area contributed by atoms with E-state index in [1.54, 1.807) is 36.5 Å². The van der Waals surface area contributed by atoms with Gasteiger partial charge in [0.1, 0.15) is 11.6 Å². The Morgan fingerprint density at radius 2 is 1.90 bits per heavy atom. The molecule has 0 bridgehead atoms. The third-order valence-electron chi connectivity index (χ3n) is 6.95. The molecule has 8 nitrogen and oxygen atoms in total. The Morgan fingerprint density at radius 3 is 2.67 bits per heavy atom. The maximum atomic E-state index is 13.9. The number of carbonyl (C=O) groups is 1. The maximum absolute atomic E-state index is 13.9. The Labute approximate surface area is 259 Å². The van der Waals surface area contributed by atoms with E-state index in [1.165, 1.54) is 23.2 Å². The summed E-state index contributed by atoms with van der Waals surface area (Å²) in [7, 11) is 0. The highest BCUT2D eigenvalue weighted by Crippen LogP contribution is 2.37. The number of hydrogen-bond acceptors (Lipinski definition) is 6. The average molecular weight is 700 g/mol. The number of ether oxygens (including phenoxy) is 2. The van der Waals surface area contributed by atoms with Gasteiger partial charge in [-0.2, -0.15) is 9.78 Å². The summed E-state index contributed by atoms with van der Waals surface area (Å²) in [5.74, 6) is 0.447. The van der Waals surface area contributed by atoms with Crippen LogP contribution in [-0.4, -0.2) is 35.0 Å². The fraction of sp³-hybridized carbons (Fsp3) is 0.290. The molecule has 5 rings (SSSR count). The molecule has 0 unspecified atom stereocenters. The lowest BCUT2D eigenvalue weighted by molar-refractivity contribution is -0.118. The first-order valence-corrected chi connectivity index (χ1v) is 15.3. The number of amides is 1. The molecule has 11 heteroatoms. The summed E-state index contributed by atoms with van der Waals surface area (Å²) in [6.45, 7) is 1.82. The molecule has 1 fully saturated rings. The second-order valence-electron chi connectivity index (χ2n) is 9.91. The van der Waals surface area contributed by atoms with Crippen LogP contribution in [-0.2, 0) is 4.79 Å². The molecule has 1 N–H and O–H groups in total. The standard InChI is InChI=1S/C31H29Br2FN4O4/c1-2-41-27-15-19(14-23(33)29(27)42-18-28(39)36-26-11-7-6-10-24(26)34)17-35-38-30(20-8-4-3-5-9-20)37-25-13-12-21(32)16-22(25)31(38)40/h6-7,10-17,20H,2-5,8-9,18H2,1H3,(H,36,39). The van der Waals surface area contributed by atoms with Crippen LogP contribution in [0.2, 0.25) is 0 Å². The summed E-state index contributed by atoms with van der Waals surface area (Å²) in [6.07, 6.45) is 6.86. The van der Waals surface area contributed by atoms with Crippen molar-refractivity contribution in [2.24, 2.45) is 5.10 Å². The Bertz CT molecular complexity index is 1700. The molecule has 1 aliphatic rings. The lowest BCUT2D eigenvalue weighted by atomic mass is 9.88. The van der Waals surface area contributed by atoms with Crippen molar-refractivity contribution < 1.29 is 18.7 Å². The van der Waals surface area contributed by atoms with Crippen molar-refractivity contribution in [1.82, 2.24) is 9.66 Å². The SMILES string of the molecule is CCOc1cc(C=Nn2c(C3CCCCC3)nc3ccc(Br)cc3c2=O)cc(Br)c1OCC(=O)Nc1ccccc1F. The topological polar surface area (TPSA) is 94.8 Å². The Balaban J connectivity index is 1.44. The van der Waals surface area contributed by atoms with E-state index in [0.29, 0.717) is 44.9 Å². The molecular weight excluding hydrogens is 671 g/mol. The van der Waals surface area contributed by atoms with E-state index in [1.807, 2.05) is 19.1 Å². The van der Waals surface area contributed by atoms with Crippen molar-refractivity contribution in [3.63, 3.8) is 0 Å². The van der Waals surface area contributed by atoms with Crippen LogP contribution in [0.25, 0.3) is 10.9 Å². The highest BCUT2D eigenvalue weighted by atomic mass is 79.9. The van der Waals surface area contributed by atoms with Crippen molar-refractivity contribution in [2.75, 3.05) is 18.5 Å². The molecule has 4 aromatic rings. The highest BCUT2D eigenvalue weighted by molar-refractivity contribution is 9.10. The number of fused-ring (bicyclic) bond motifs is 1. The Kier molecular flexibility index (Phi) is 9.69. The van der Waals surface area contributed by atoms with Gasteiger partial charge in [0, 0.05) is 10.4 Å². The summed E-state index contributed by atoms with van der Waals surface area (Å²) in [5, 5.41) is 7.60. The molecule has 0 spiro atoms. The second kappa shape index (κ2) is 13.6. The number of para-hydroxylation sites is 1. The first-order valence-electron chi connectivity index (χ1n) is 13.7. The summed E-state index contributed by atoms with van der Waals surface area (Å²) in [4.78, 5) is 30.9. The van der Waals surface area contributed by atoms with Gasteiger partial charge in [0.2, 0.25) is 0 Å². The molecule has 0 saturated heterocycles. The Morgan fingerprint density at radius 1 is 1.12 bits per heavy atom. The van der Waals surface area contributed by atoms with Crippen LogP contribution in [0.1, 0.15) is 56.3 Å². The summed E-state index contributed by atoms with van der Waals surface area (Å²) < 4.78 is 28.2. The zero-order chi connectivity index (χ0) is 29.6. The molecule has 218 valence electrons. The van der Waals surface area contributed by atoms with Gasteiger partial charge in [-0.05, 0) is 83.7 Å². The summed E-state index contributed by atoms with van der Waals surface area (Å²) >= 11 is 6.96. The quantitative estimate of drug-likeness (QED) is 0.184. The third kappa shape index (κ3) is 6.90. The Hall–Kier alpha value is -3.57. The lowest BCUT2D eigenvalue weighted by Crippen LogP contribution is -2.25. The average Bonchev–Trinajstić information content (AvgIpc) is 2.98. The lowest BCUT2D eigenvalue weighted by Gasteiger charge is -2.22. The van der Waals surface area contributed by atoms with Crippen LogP contribution >= 0.6 is 31.9 Å². The molecule has 1 heterocycles. The molecular formula is C31H29Br2FN4O4. The summed E-state index contributed by atoms with van der Waals surface area (Å²) in [6, 6.07) is 14.9. The minimum Gasteiger partial charge on any atom is -0.490 e. The van der Waals surface area contributed by atoms with Crippen molar-refractivity contribution in [2.45, 2.75) is 44.9 Å². The predicted octanol–water partition coefficient (Wildman–Crippen LogP) is 7.41. The molecule has 1 amide bonds. The van der Waals surface area contributed by atoms with E-state index in [0.717, 1.165) is 30.2 Å². The number of anilines is 1. The van der Waals surface area contributed by atoms with Gasteiger partial charge in [-0.15, -0.1) is 0 Å². The second-order valence-corrected chi connectivity index (χ2v) is 11.7. The van der Waals surface area contributed by atoms with Crippen LogP contribution in [0.3, 0.4) is 0 Å². The number of benzene rings is 3. The van der Waals surface area contributed by atoms with E-state index in [-0.39, 0.29) is 23.8 Å². The minimum absolute atomic E-state index is 0.0696. The minimum atomic E-state index is -0.536. The van der Waals surface area contributed by atoms with Gasteiger partial charge >= 0.3 is 0 Å². The molecule has 3 aromatic carbocycles.